The van der Waals surface area contributed by atoms with Crippen molar-refractivity contribution in [1.29, 1.82) is 0 Å². The number of rotatable bonds is 4. The number of hydrogen-bond donors (Lipinski definition) is 0. The summed E-state index contributed by atoms with van der Waals surface area (Å²) in [5, 5.41) is 25.0. The van der Waals surface area contributed by atoms with E-state index in [2.05, 4.69) is 5.16 Å². The highest BCUT2D eigenvalue weighted by atomic mass is 16.6. The lowest BCUT2D eigenvalue weighted by Gasteiger charge is -1.96. The molecule has 98 valence electrons. The van der Waals surface area contributed by atoms with Crippen molar-refractivity contribution in [3.63, 3.8) is 0 Å². The van der Waals surface area contributed by atoms with Crippen LogP contribution in [0, 0.1) is 20.2 Å². The first kappa shape index (κ1) is 12.6. The van der Waals surface area contributed by atoms with Gasteiger partial charge in [-0.1, -0.05) is 12.1 Å². The van der Waals surface area contributed by atoms with Gasteiger partial charge in [-0.3, -0.25) is 25.0 Å². The predicted molar refractivity (Wildman–Crippen MR) is 61.9 cm³/mol. The quantitative estimate of drug-likeness (QED) is 0.470. The molecule has 0 bridgehead atoms. The lowest BCUT2D eigenvalue weighted by Crippen LogP contribution is -1.98. The number of benzene rings is 1. The summed E-state index contributed by atoms with van der Waals surface area (Å²) in [6.45, 7) is 1.56. The van der Waals surface area contributed by atoms with Crippen molar-refractivity contribution >= 4 is 28.1 Å². The van der Waals surface area contributed by atoms with E-state index in [1.54, 1.807) is 6.92 Å². The normalized spacial score (nSPS) is 10.6. The molecule has 0 unspecified atom stereocenters. The summed E-state index contributed by atoms with van der Waals surface area (Å²) in [4.78, 5) is 31.6. The van der Waals surface area contributed by atoms with E-state index < -0.39 is 27.0 Å². The fraction of sp³-hybridized carbons (Fsp3) is 0.200. The molecule has 0 fully saturated rings. The number of Topliss-reactive ketones (excluding diaryl/α,β-unsaturated/α-hetero) is 1. The van der Waals surface area contributed by atoms with Gasteiger partial charge in [0.15, 0.2) is 0 Å². The Morgan fingerprint density at radius 2 is 2.00 bits per heavy atom. The van der Waals surface area contributed by atoms with Crippen molar-refractivity contribution in [2.45, 2.75) is 13.3 Å². The Morgan fingerprint density at radius 1 is 1.32 bits per heavy atom. The second kappa shape index (κ2) is 4.44. The van der Waals surface area contributed by atoms with Gasteiger partial charge < -0.3 is 4.52 Å². The molecule has 0 atom stereocenters. The van der Waals surface area contributed by atoms with Crippen LogP contribution in [-0.2, 0) is 0 Å². The van der Waals surface area contributed by atoms with Crippen LogP contribution in [-0.4, -0.2) is 20.8 Å². The van der Waals surface area contributed by atoms with Crippen LogP contribution in [0.2, 0.25) is 0 Å². The van der Waals surface area contributed by atoms with E-state index in [0.717, 1.165) is 12.1 Å². The average Bonchev–Trinajstić information content (AvgIpc) is 2.80. The lowest BCUT2D eigenvalue weighted by atomic mass is 10.1. The van der Waals surface area contributed by atoms with Crippen LogP contribution < -0.4 is 0 Å². The topological polar surface area (TPSA) is 129 Å². The second-order valence-corrected chi connectivity index (χ2v) is 3.66. The Balaban J connectivity index is 2.82. The highest BCUT2D eigenvalue weighted by Gasteiger charge is 2.27. The maximum atomic E-state index is 11.6. The van der Waals surface area contributed by atoms with Crippen molar-refractivity contribution < 1.29 is 19.2 Å². The third kappa shape index (κ3) is 2.01. The molecule has 9 heteroatoms. The van der Waals surface area contributed by atoms with Gasteiger partial charge in [-0.05, 0) is 0 Å². The van der Waals surface area contributed by atoms with E-state index in [1.165, 1.54) is 0 Å². The molecule has 1 aromatic carbocycles. The fourth-order valence-electron chi connectivity index (χ4n) is 1.64. The van der Waals surface area contributed by atoms with Crippen LogP contribution in [0.15, 0.2) is 16.7 Å². The van der Waals surface area contributed by atoms with Crippen LogP contribution in [0.25, 0.3) is 10.9 Å². The minimum atomic E-state index is -0.807. The van der Waals surface area contributed by atoms with E-state index in [9.17, 15) is 25.0 Å². The molecule has 2 rings (SSSR count). The molecule has 0 saturated heterocycles. The Labute approximate surface area is 105 Å². The molecule has 2 aromatic rings. The van der Waals surface area contributed by atoms with Gasteiger partial charge in [-0.25, -0.2) is 0 Å². The van der Waals surface area contributed by atoms with Crippen molar-refractivity contribution in [3.8, 4) is 0 Å². The Bertz CT molecular complexity index is 705. The summed E-state index contributed by atoms with van der Waals surface area (Å²) < 4.78 is 4.77. The van der Waals surface area contributed by atoms with Gasteiger partial charge in [0, 0.05) is 12.5 Å². The molecule has 0 N–H and O–H groups in total. The molecule has 0 saturated carbocycles. The summed E-state index contributed by atoms with van der Waals surface area (Å²) in [6.07, 6.45) is 0.0818. The van der Waals surface area contributed by atoms with E-state index in [-0.39, 0.29) is 23.1 Å². The molecule has 0 radical (unpaired) electrons. The highest BCUT2D eigenvalue weighted by Crippen LogP contribution is 2.33. The number of nitro benzene ring substituents is 2. The molecule has 1 aromatic heterocycles. The number of fused-ring (bicyclic) bond motifs is 1. The number of carbonyl (C=O) groups is 1. The van der Waals surface area contributed by atoms with Gasteiger partial charge in [-0.15, -0.1) is 0 Å². The summed E-state index contributed by atoms with van der Waals surface area (Å²) in [6, 6.07) is 1.81. The largest absolute Gasteiger partial charge is 0.352 e. The molecule has 0 aliphatic rings. The van der Waals surface area contributed by atoms with Crippen molar-refractivity contribution in [1.82, 2.24) is 5.16 Å². The Hall–Kier alpha value is -2.84. The van der Waals surface area contributed by atoms with Crippen LogP contribution in [0.3, 0.4) is 0 Å². The number of nitrogens with zero attached hydrogens (tertiary/aromatic N) is 3. The molecule has 0 spiro atoms. The van der Waals surface area contributed by atoms with Gasteiger partial charge in [-0.2, -0.15) is 0 Å². The monoisotopic (exact) mass is 265 g/mol. The predicted octanol–water partition coefficient (Wildman–Crippen LogP) is 2.24. The number of carbonyl (C=O) groups excluding carboxylic acids is 1. The molecule has 0 amide bonds. The number of non-ortho nitro benzene ring substituents is 2. The van der Waals surface area contributed by atoms with E-state index in [0.29, 0.717) is 0 Å². The summed E-state index contributed by atoms with van der Waals surface area (Å²) in [5.41, 5.74) is -1.14. The van der Waals surface area contributed by atoms with Crippen LogP contribution in [0.1, 0.15) is 23.9 Å². The Kier molecular flexibility index (Phi) is 2.95. The molecule has 19 heavy (non-hydrogen) atoms. The second-order valence-electron chi connectivity index (χ2n) is 3.66. The average molecular weight is 265 g/mol. The highest BCUT2D eigenvalue weighted by molar-refractivity contribution is 6.08. The summed E-state index contributed by atoms with van der Waals surface area (Å²) in [5.74, 6) is -0.710. The summed E-state index contributed by atoms with van der Waals surface area (Å²) >= 11 is 0. The van der Waals surface area contributed by atoms with Crippen LogP contribution in [0.5, 0.6) is 0 Å². The number of hydrogen-bond acceptors (Lipinski definition) is 7. The van der Waals surface area contributed by atoms with Crippen molar-refractivity contribution in [2.24, 2.45) is 0 Å². The minimum Gasteiger partial charge on any atom is -0.352 e. The minimum absolute atomic E-state index is 0.0818. The molecule has 0 aliphatic carbocycles. The van der Waals surface area contributed by atoms with E-state index in [4.69, 9.17) is 4.52 Å². The number of ketones is 1. The zero-order chi connectivity index (χ0) is 14.2. The zero-order valence-corrected chi connectivity index (χ0v) is 9.65. The maximum Gasteiger partial charge on any atom is 0.289 e. The molecule has 1 heterocycles. The molecular formula is C10H7N3O6. The summed E-state index contributed by atoms with van der Waals surface area (Å²) in [7, 11) is 0. The van der Waals surface area contributed by atoms with Crippen LogP contribution >= 0.6 is 0 Å². The van der Waals surface area contributed by atoms with E-state index >= 15 is 0 Å². The first-order chi connectivity index (χ1) is 8.95. The first-order valence-electron chi connectivity index (χ1n) is 5.21. The standard InChI is InChI=1S/C10H7N3O6/c1-2-8(14)10-9-6(11-19-10)3-5(12(15)16)4-7(9)13(17)18/h3-4H,2H2,1H3. The van der Waals surface area contributed by atoms with Gasteiger partial charge in [0.05, 0.1) is 15.9 Å². The fourth-order valence-corrected chi connectivity index (χ4v) is 1.64. The molecule has 0 aliphatic heterocycles. The number of nitro groups is 2. The van der Waals surface area contributed by atoms with Gasteiger partial charge in [0.1, 0.15) is 10.9 Å². The van der Waals surface area contributed by atoms with Crippen molar-refractivity contribution in [2.75, 3.05) is 0 Å². The van der Waals surface area contributed by atoms with Gasteiger partial charge in [0.25, 0.3) is 11.4 Å². The number of aromatic nitrogens is 1. The van der Waals surface area contributed by atoms with Gasteiger partial charge >= 0.3 is 0 Å². The van der Waals surface area contributed by atoms with Crippen molar-refractivity contribution in [3.05, 3.63) is 38.1 Å². The third-order valence-corrected chi connectivity index (χ3v) is 2.53. The lowest BCUT2D eigenvalue weighted by molar-refractivity contribution is -0.393. The van der Waals surface area contributed by atoms with E-state index in [1.807, 2.05) is 0 Å². The Morgan fingerprint density at radius 3 is 2.53 bits per heavy atom. The third-order valence-electron chi connectivity index (χ3n) is 2.53. The molecule has 9 nitrogen and oxygen atoms in total. The maximum absolute atomic E-state index is 11.6. The zero-order valence-electron chi connectivity index (χ0n) is 9.65. The smallest absolute Gasteiger partial charge is 0.289 e. The SMILES string of the molecule is CCC(=O)c1onc2cc([N+](=O)[O-])cc([N+](=O)[O-])c12. The molecular weight excluding hydrogens is 258 g/mol. The first-order valence-corrected chi connectivity index (χ1v) is 5.21. The van der Waals surface area contributed by atoms with Crippen LogP contribution in [0.4, 0.5) is 11.4 Å². The van der Waals surface area contributed by atoms with Gasteiger partial charge in [0.2, 0.25) is 11.5 Å².